The fourth-order valence-corrected chi connectivity index (χ4v) is 2.63. The van der Waals surface area contributed by atoms with Crippen LogP contribution in [0, 0.1) is 29.5 Å². The second-order valence-corrected chi connectivity index (χ2v) is 8.19. The lowest BCUT2D eigenvalue weighted by molar-refractivity contribution is 0.197. The SMILES string of the molecule is Cc1nn(-c2ccc(F)cc2)cc1OC(=O)Nc1ccc(OCC(C)(C)C)c(C#N)c1. The van der Waals surface area contributed by atoms with Gasteiger partial charge in [0.15, 0.2) is 5.75 Å². The molecule has 0 radical (unpaired) electrons. The smallest absolute Gasteiger partial charge is 0.417 e. The van der Waals surface area contributed by atoms with Crippen LogP contribution in [0.5, 0.6) is 11.5 Å². The number of amides is 1. The van der Waals surface area contributed by atoms with Crippen molar-refractivity contribution in [2.45, 2.75) is 27.7 Å². The molecule has 160 valence electrons. The molecular weight excluding hydrogens is 399 g/mol. The molecule has 0 spiro atoms. The number of anilines is 1. The summed E-state index contributed by atoms with van der Waals surface area (Å²) < 4.78 is 25.7. The van der Waals surface area contributed by atoms with Gasteiger partial charge in [0.2, 0.25) is 0 Å². The number of halogens is 1. The second-order valence-electron chi connectivity index (χ2n) is 8.19. The molecule has 1 N–H and O–H groups in total. The van der Waals surface area contributed by atoms with Gasteiger partial charge in [-0.3, -0.25) is 5.32 Å². The molecule has 3 rings (SSSR count). The van der Waals surface area contributed by atoms with Gasteiger partial charge in [-0.15, -0.1) is 0 Å². The largest absolute Gasteiger partial charge is 0.492 e. The molecule has 0 aliphatic carbocycles. The Balaban J connectivity index is 1.68. The standard InChI is InChI=1S/C23H23FN4O3/c1-15-21(13-28(27-15)19-8-5-17(24)6-9-19)31-22(29)26-18-7-10-20(16(11-18)12-25)30-14-23(2,3)4/h5-11,13H,14H2,1-4H3,(H,26,29). The molecule has 0 aliphatic heterocycles. The Morgan fingerprint density at radius 3 is 2.55 bits per heavy atom. The maximum atomic E-state index is 13.1. The van der Waals surface area contributed by atoms with Crippen molar-refractivity contribution in [2.24, 2.45) is 5.41 Å². The van der Waals surface area contributed by atoms with Crippen LogP contribution in [0.4, 0.5) is 14.9 Å². The number of nitriles is 1. The highest BCUT2D eigenvalue weighted by Gasteiger charge is 2.15. The fraction of sp³-hybridized carbons (Fsp3) is 0.261. The van der Waals surface area contributed by atoms with Gasteiger partial charge in [-0.25, -0.2) is 13.9 Å². The summed E-state index contributed by atoms with van der Waals surface area (Å²) in [6, 6.07) is 12.6. The first-order valence-electron chi connectivity index (χ1n) is 9.62. The van der Waals surface area contributed by atoms with Crippen molar-refractivity contribution in [3.8, 4) is 23.3 Å². The van der Waals surface area contributed by atoms with Crippen LogP contribution in [0.15, 0.2) is 48.7 Å². The van der Waals surface area contributed by atoms with Crippen molar-refractivity contribution in [2.75, 3.05) is 11.9 Å². The molecule has 0 bridgehead atoms. The molecule has 2 aromatic carbocycles. The van der Waals surface area contributed by atoms with Crippen molar-refractivity contribution in [1.29, 1.82) is 5.26 Å². The molecule has 0 saturated carbocycles. The number of nitrogens with one attached hydrogen (secondary N) is 1. The molecule has 31 heavy (non-hydrogen) atoms. The Kier molecular flexibility index (Phi) is 6.25. The summed E-state index contributed by atoms with van der Waals surface area (Å²) >= 11 is 0. The third-order valence-corrected chi connectivity index (χ3v) is 4.15. The Bertz CT molecular complexity index is 1130. The first-order chi connectivity index (χ1) is 14.6. The number of rotatable bonds is 5. The monoisotopic (exact) mass is 422 g/mol. The van der Waals surface area contributed by atoms with Crippen molar-refractivity contribution in [3.63, 3.8) is 0 Å². The van der Waals surface area contributed by atoms with E-state index in [1.807, 2.05) is 20.8 Å². The number of hydrogen-bond donors (Lipinski definition) is 1. The van der Waals surface area contributed by atoms with Crippen LogP contribution in [0.1, 0.15) is 32.0 Å². The molecule has 0 unspecified atom stereocenters. The highest BCUT2D eigenvalue weighted by atomic mass is 19.1. The van der Waals surface area contributed by atoms with Gasteiger partial charge in [0.1, 0.15) is 23.3 Å². The lowest BCUT2D eigenvalue weighted by Gasteiger charge is -2.19. The van der Waals surface area contributed by atoms with Crippen molar-refractivity contribution < 1.29 is 18.7 Å². The Morgan fingerprint density at radius 1 is 1.19 bits per heavy atom. The minimum atomic E-state index is -0.728. The quantitative estimate of drug-likeness (QED) is 0.608. The molecule has 0 aliphatic rings. The number of benzene rings is 2. The van der Waals surface area contributed by atoms with Crippen LogP contribution in [0.2, 0.25) is 0 Å². The summed E-state index contributed by atoms with van der Waals surface area (Å²) in [5.74, 6) is 0.357. The Morgan fingerprint density at radius 2 is 1.90 bits per heavy atom. The number of carbonyl (C=O) groups excluding carboxylic acids is 1. The van der Waals surface area contributed by atoms with Gasteiger partial charge in [0.25, 0.3) is 0 Å². The average molecular weight is 422 g/mol. The molecule has 0 fully saturated rings. The molecule has 1 heterocycles. The first kappa shape index (κ1) is 21.8. The van der Waals surface area contributed by atoms with E-state index in [0.717, 1.165) is 0 Å². The number of nitrogens with zero attached hydrogens (tertiary/aromatic N) is 3. The number of aryl methyl sites for hydroxylation is 1. The van der Waals surface area contributed by atoms with Gasteiger partial charge in [-0.05, 0) is 54.8 Å². The van der Waals surface area contributed by atoms with Gasteiger partial charge >= 0.3 is 6.09 Å². The third kappa shape index (κ3) is 5.82. The molecule has 3 aromatic rings. The highest BCUT2D eigenvalue weighted by molar-refractivity contribution is 5.86. The van der Waals surface area contributed by atoms with Crippen LogP contribution in [-0.2, 0) is 0 Å². The predicted molar refractivity (Wildman–Crippen MR) is 114 cm³/mol. The minimum Gasteiger partial charge on any atom is -0.492 e. The molecule has 1 amide bonds. The number of carbonyl (C=O) groups is 1. The van der Waals surface area contributed by atoms with Crippen LogP contribution < -0.4 is 14.8 Å². The van der Waals surface area contributed by atoms with E-state index in [1.165, 1.54) is 29.1 Å². The zero-order valence-electron chi connectivity index (χ0n) is 17.8. The first-order valence-corrected chi connectivity index (χ1v) is 9.62. The maximum Gasteiger partial charge on any atom is 0.417 e. The lowest BCUT2D eigenvalue weighted by atomic mass is 9.98. The van der Waals surface area contributed by atoms with E-state index in [-0.39, 0.29) is 17.0 Å². The molecule has 7 nitrogen and oxygen atoms in total. The van der Waals surface area contributed by atoms with E-state index in [0.29, 0.717) is 35.0 Å². The fourth-order valence-electron chi connectivity index (χ4n) is 2.63. The van der Waals surface area contributed by atoms with Crippen molar-refractivity contribution >= 4 is 11.8 Å². The molecule has 8 heteroatoms. The van der Waals surface area contributed by atoms with Gasteiger partial charge in [-0.2, -0.15) is 10.4 Å². The minimum absolute atomic E-state index is 0.0519. The van der Waals surface area contributed by atoms with E-state index < -0.39 is 6.09 Å². The van der Waals surface area contributed by atoms with E-state index in [9.17, 15) is 14.4 Å². The van der Waals surface area contributed by atoms with Crippen LogP contribution in [0.25, 0.3) is 5.69 Å². The van der Waals surface area contributed by atoms with Gasteiger partial charge < -0.3 is 9.47 Å². The summed E-state index contributed by atoms with van der Waals surface area (Å²) in [6.07, 6.45) is 0.806. The molecule has 0 saturated heterocycles. The molecule has 0 atom stereocenters. The average Bonchev–Trinajstić information content (AvgIpc) is 3.06. The summed E-state index contributed by atoms with van der Waals surface area (Å²) in [4.78, 5) is 12.3. The van der Waals surface area contributed by atoms with E-state index in [2.05, 4.69) is 16.5 Å². The lowest BCUT2D eigenvalue weighted by Crippen LogP contribution is -2.18. The van der Waals surface area contributed by atoms with E-state index in [1.54, 1.807) is 31.2 Å². The van der Waals surface area contributed by atoms with Gasteiger partial charge in [0, 0.05) is 5.69 Å². The molecule has 1 aromatic heterocycles. The van der Waals surface area contributed by atoms with Gasteiger partial charge in [0.05, 0.1) is 24.1 Å². The van der Waals surface area contributed by atoms with Crippen LogP contribution in [-0.4, -0.2) is 22.5 Å². The van der Waals surface area contributed by atoms with E-state index >= 15 is 0 Å². The number of aromatic nitrogens is 2. The zero-order chi connectivity index (χ0) is 22.6. The van der Waals surface area contributed by atoms with Gasteiger partial charge in [-0.1, -0.05) is 20.8 Å². The second kappa shape index (κ2) is 8.88. The number of hydrogen-bond acceptors (Lipinski definition) is 5. The zero-order valence-corrected chi connectivity index (χ0v) is 17.8. The van der Waals surface area contributed by atoms with Crippen LogP contribution >= 0.6 is 0 Å². The summed E-state index contributed by atoms with van der Waals surface area (Å²) in [5, 5.41) is 16.3. The topological polar surface area (TPSA) is 89.2 Å². The summed E-state index contributed by atoms with van der Waals surface area (Å²) in [6.45, 7) is 8.24. The highest BCUT2D eigenvalue weighted by Crippen LogP contribution is 2.25. The summed E-state index contributed by atoms with van der Waals surface area (Å²) in [5.41, 5.74) is 1.77. The Hall–Kier alpha value is -3.86. The Labute approximate surface area is 180 Å². The van der Waals surface area contributed by atoms with Crippen molar-refractivity contribution in [3.05, 3.63) is 65.7 Å². The third-order valence-electron chi connectivity index (χ3n) is 4.15. The molecular formula is C23H23FN4O3. The van der Waals surface area contributed by atoms with Crippen LogP contribution in [0.3, 0.4) is 0 Å². The van der Waals surface area contributed by atoms with Crippen molar-refractivity contribution in [1.82, 2.24) is 9.78 Å². The number of ether oxygens (including phenoxy) is 2. The summed E-state index contributed by atoms with van der Waals surface area (Å²) in [7, 11) is 0. The normalized spacial score (nSPS) is 11.0. The van der Waals surface area contributed by atoms with E-state index in [4.69, 9.17) is 9.47 Å². The predicted octanol–water partition coefficient (Wildman–Crippen LogP) is 5.23. The maximum absolute atomic E-state index is 13.1.